The van der Waals surface area contributed by atoms with E-state index in [1.54, 1.807) is 12.1 Å². The molecule has 2 aliphatic rings. The maximum absolute atomic E-state index is 8.83. The van der Waals surface area contributed by atoms with E-state index in [4.69, 9.17) is 24.2 Å². The lowest BCUT2D eigenvalue weighted by Crippen LogP contribution is -2.43. The van der Waals surface area contributed by atoms with Crippen LogP contribution in [0.2, 0.25) is 0 Å². The zero-order chi connectivity index (χ0) is 16.1. The van der Waals surface area contributed by atoms with Crippen LogP contribution in [-0.2, 0) is 18.9 Å². The maximum atomic E-state index is 8.83. The van der Waals surface area contributed by atoms with Gasteiger partial charge in [-0.2, -0.15) is 5.26 Å². The fourth-order valence-electron chi connectivity index (χ4n) is 2.99. The summed E-state index contributed by atoms with van der Waals surface area (Å²) >= 11 is 0. The molecule has 0 atom stereocenters. The Bertz CT molecular complexity index is 523. The van der Waals surface area contributed by atoms with Crippen molar-refractivity contribution in [3.63, 3.8) is 0 Å². The minimum atomic E-state index is -0.379. The summed E-state index contributed by atoms with van der Waals surface area (Å²) < 4.78 is 23.3. The van der Waals surface area contributed by atoms with E-state index in [-0.39, 0.29) is 18.5 Å². The van der Waals surface area contributed by atoms with Gasteiger partial charge in [0.25, 0.3) is 0 Å². The van der Waals surface area contributed by atoms with Gasteiger partial charge in [0.1, 0.15) is 0 Å². The van der Waals surface area contributed by atoms with Crippen LogP contribution in [0.4, 0.5) is 0 Å². The molecule has 1 aromatic rings. The van der Waals surface area contributed by atoms with Gasteiger partial charge in [-0.15, -0.1) is 0 Å². The number of rotatable bonds is 4. The van der Waals surface area contributed by atoms with Crippen LogP contribution in [0.15, 0.2) is 24.3 Å². The minimum Gasteiger partial charge on any atom is -0.352 e. The Labute approximate surface area is 137 Å². The van der Waals surface area contributed by atoms with Gasteiger partial charge >= 0.3 is 0 Å². The molecule has 0 amide bonds. The zero-order valence-electron chi connectivity index (χ0n) is 13.4. The van der Waals surface area contributed by atoms with Crippen molar-refractivity contribution in [2.24, 2.45) is 11.8 Å². The predicted octanol–water partition coefficient (Wildman–Crippen LogP) is 3.01. The van der Waals surface area contributed by atoms with Crippen LogP contribution >= 0.6 is 0 Å². The predicted molar refractivity (Wildman–Crippen MR) is 83.4 cm³/mol. The van der Waals surface area contributed by atoms with Crippen LogP contribution in [0.5, 0.6) is 0 Å². The molecule has 5 nitrogen and oxygen atoms in total. The Morgan fingerprint density at radius 2 is 1.65 bits per heavy atom. The van der Waals surface area contributed by atoms with Crippen LogP contribution in [0.1, 0.15) is 37.2 Å². The molecule has 0 unspecified atom stereocenters. The first-order valence-electron chi connectivity index (χ1n) is 8.26. The zero-order valence-corrected chi connectivity index (χ0v) is 13.4. The summed E-state index contributed by atoms with van der Waals surface area (Å²) in [5, 5.41) is 8.83. The number of benzene rings is 1. The van der Waals surface area contributed by atoms with Crippen molar-refractivity contribution in [3.8, 4) is 6.07 Å². The van der Waals surface area contributed by atoms with Gasteiger partial charge in [-0.1, -0.05) is 25.5 Å². The van der Waals surface area contributed by atoms with Crippen LogP contribution in [-0.4, -0.2) is 32.7 Å². The molecule has 5 heteroatoms. The van der Waals surface area contributed by atoms with Gasteiger partial charge in [0.15, 0.2) is 12.6 Å². The number of hydrogen-bond donors (Lipinski definition) is 0. The highest BCUT2D eigenvalue weighted by atomic mass is 16.7. The fraction of sp³-hybridized carbons (Fsp3) is 0.611. The van der Waals surface area contributed by atoms with Gasteiger partial charge in [-0.25, -0.2) is 0 Å². The molecule has 23 heavy (non-hydrogen) atoms. The first-order valence-corrected chi connectivity index (χ1v) is 8.26. The minimum absolute atomic E-state index is 0.104. The van der Waals surface area contributed by atoms with E-state index in [9.17, 15) is 0 Å². The summed E-state index contributed by atoms with van der Waals surface area (Å²) in [5.74, 6) is 0.611. The summed E-state index contributed by atoms with van der Waals surface area (Å²) in [7, 11) is 0. The van der Waals surface area contributed by atoms with E-state index in [1.165, 1.54) is 0 Å². The number of hydrogen-bond acceptors (Lipinski definition) is 5. The van der Waals surface area contributed by atoms with Gasteiger partial charge in [-0.05, 0) is 18.6 Å². The summed E-state index contributed by atoms with van der Waals surface area (Å²) in [6.45, 7) is 4.79. The lowest BCUT2D eigenvalue weighted by Gasteiger charge is -2.37. The van der Waals surface area contributed by atoms with Crippen molar-refractivity contribution >= 4 is 0 Å². The molecule has 2 saturated heterocycles. The number of nitrogens with zero attached hydrogens (tertiary/aromatic N) is 1. The standard InChI is InChI=1S/C18H23NO4/c1-2-3-14-9-20-18(21-10-14)16-11-22-17(23-12-16)15-6-4-13(8-19)5-7-15/h4-7,14,16-18H,2-3,9-12H2,1H3. The average molecular weight is 317 g/mol. The van der Waals surface area contributed by atoms with Crippen LogP contribution in [0, 0.1) is 23.2 Å². The molecule has 2 aliphatic heterocycles. The van der Waals surface area contributed by atoms with E-state index in [2.05, 4.69) is 13.0 Å². The SMILES string of the molecule is CCCC1COC(C2COC(c3ccc(C#N)cc3)OC2)OC1. The Morgan fingerprint density at radius 3 is 2.22 bits per heavy atom. The molecule has 0 spiro atoms. The monoisotopic (exact) mass is 317 g/mol. The topological polar surface area (TPSA) is 60.7 Å². The van der Waals surface area contributed by atoms with E-state index < -0.39 is 0 Å². The summed E-state index contributed by atoms with van der Waals surface area (Å²) in [6, 6.07) is 9.39. The van der Waals surface area contributed by atoms with Gasteiger partial charge < -0.3 is 18.9 Å². The summed E-state index contributed by atoms with van der Waals surface area (Å²) in [6.07, 6.45) is 1.69. The van der Waals surface area contributed by atoms with E-state index in [0.717, 1.165) is 31.6 Å². The smallest absolute Gasteiger partial charge is 0.183 e. The van der Waals surface area contributed by atoms with Gasteiger partial charge in [0.2, 0.25) is 0 Å². The second-order valence-corrected chi connectivity index (χ2v) is 6.18. The van der Waals surface area contributed by atoms with Gasteiger partial charge in [0, 0.05) is 11.5 Å². The molecule has 0 saturated carbocycles. The molecular weight excluding hydrogens is 294 g/mol. The largest absolute Gasteiger partial charge is 0.352 e. The third-order valence-electron chi connectivity index (χ3n) is 4.31. The molecule has 0 radical (unpaired) electrons. The fourth-order valence-corrected chi connectivity index (χ4v) is 2.99. The van der Waals surface area contributed by atoms with Gasteiger partial charge in [-0.3, -0.25) is 0 Å². The first kappa shape index (κ1) is 16.4. The molecule has 3 rings (SSSR count). The first-order chi connectivity index (χ1) is 11.3. The van der Waals surface area contributed by atoms with Crippen molar-refractivity contribution in [2.75, 3.05) is 26.4 Å². The lowest BCUT2D eigenvalue weighted by molar-refractivity contribution is -0.283. The molecule has 2 heterocycles. The lowest BCUT2D eigenvalue weighted by atomic mass is 10.0. The van der Waals surface area contributed by atoms with Crippen LogP contribution in [0.3, 0.4) is 0 Å². The number of ether oxygens (including phenoxy) is 4. The van der Waals surface area contributed by atoms with E-state index >= 15 is 0 Å². The summed E-state index contributed by atoms with van der Waals surface area (Å²) in [4.78, 5) is 0. The molecule has 0 aliphatic carbocycles. The average Bonchev–Trinajstić information content (AvgIpc) is 2.63. The second kappa shape index (κ2) is 7.89. The Balaban J connectivity index is 1.48. The van der Waals surface area contributed by atoms with Crippen molar-refractivity contribution in [1.82, 2.24) is 0 Å². The normalized spacial score (nSPS) is 31.5. The third-order valence-corrected chi connectivity index (χ3v) is 4.31. The number of nitriles is 1. The molecule has 0 N–H and O–H groups in total. The molecule has 2 fully saturated rings. The Hall–Kier alpha value is -1.45. The summed E-state index contributed by atoms with van der Waals surface area (Å²) in [5.41, 5.74) is 1.56. The Morgan fingerprint density at radius 1 is 1.00 bits per heavy atom. The highest BCUT2D eigenvalue weighted by Gasteiger charge is 2.33. The molecule has 1 aromatic carbocycles. The third kappa shape index (κ3) is 4.10. The molecular formula is C18H23NO4. The van der Waals surface area contributed by atoms with Crippen molar-refractivity contribution < 1.29 is 18.9 Å². The molecule has 124 valence electrons. The van der Waals surface area contributed by atoms with Crippen molar-refractivity contribution in [1.29, 1.82) is 5.26 Å². The van der Waals surface area contributed by atoms with Gasteiger partial charge in [0.05, 0.1) is 44.0 Å². The van der Waals surface area contributed by atoms with Crippen molar-refractivity contribution in [2.45, 2.75) is 32.3 Å². The molecule has 0 aromatic heterocycles. The van der Waals surface area contributed by atoms with E-state index in [0.29, 0.717) is 24.7 Å². The van der Waals surface area contributed by atoms with Crippen LogP contribution < -0.4 is 0 Å². The Kier molecular flexibility index (Phi) is 5.63. The highest BCUT2D eigenvalue weighted by molar-refractivity contribution is 5.32. The van der Waals surface area contributed by atoms with Crippen LogP contribution in [0.25, 0.3) is 0 Å². The molecule has 0 bridgehead atoms. The maximum Gasteiger partial charge on any atom is 0.183 e. The van der Waals surface area contributed by atoms with Crippen molar-refractivity contribution in [3.05, 3.63) is 35.4 Å². The highest BCUT2D eigenvalue weighted by Crippen LogP contribution is 2.29. The van der Waals surface area contributed by atoms with E-state index in [1.807, 2.05) is 12.1 Å². The quantitative estimate of drug-likeness (QED) is 0.854. The second-order valence-electron chi connectivity index (χ2n) is 6.18.